The number of carbonyl (C=O) groups excluding carboxylic acids is 2. The molecular weight excluding hydrogens is 268 g/mol. The second-order valence-corrected chi connectivity index (χ2v) is 5.24. The van der Waals surface area contributed by atoms with Gasteiger partial charge in [-0.2, -0.15) is 0 Å². The quantitative estimate of drug-likeness (QED) is 0.849. The van der Waals surface area contributed by atoms with Crippen LogP contribution >= 0.6 is 11.6 Å². The number of ether oxygens (including phenoxy) is 1. The fraction of sp³-hybridized carbons (Fsp3) is 0.385. The molecular formula is C13H15ClN2O3. The number of hydrogen-bond donors (Lipinski definition) is 2. The van der Waals surface area contributed by atoms with Crippen LogP contribution in [0.4, 0.5) is 0 Å². The fourth-order valence-electron chi connectivity index (χ4n) is 1.82. The first kappa shape index (κ1) is 14.0. The largest absolute Gasteiger partial charge is 0.377 e. The lowest BCUT2D eigenvalue weighted by molar-refractivity contribution is -0.134. The van der Waals surface area contributed by atoms with Gasteiger partial charge in [0.05, 0.1) is 25.2 Å². The molecule has 1 saturated heterocycles. The molecule has 0 unspecified atom stereocenters. The number of nitrogens with one attached hydrogen (secondary N) is 1. The van der Waals surface area contributed by atoms with Crippen LogP contribution in [-0.2, 0) is 20.7 Å². The number of nitrogens with two attached hydrogens (primary N) is 1. The summed E-state index contributed by atoms with van der Waals surface area (Å²) >= 11 is 5.75. The molecule has 0 atom stereocenters. The van der Waals surface area contributed by atoms with Crippen molar-refractivity contribution in [2.45, 2.75) is 18.4 Å². The SMILES string of the molecule is NC1(CC(=O)NC(=O)Cc2ccc(Cl)cc2)COC1. The molecule has 1 fully saturated rings. The lowest BCUT2D eigenvalue weighted by Gasteiger charge is -2.36. The van der Waals surface area contributed by atoms with Gasteiger partial charge < -0.3 is 10.5 Å². The van der Waals surface area contributed by atoms with E-state index >= 15 is 0 Å². The van der Waals surface area contributed by atoms with Gasteiger partial charge in [0.25, 0.3) is 0 Å². The summed E-state index contributed by atoms with van der Waals surface area (Å²) in [5.41, 5.74) is 6.01. The molecule has 6 heteroatoms. The van der Waals surface area contributed by atoms with Crippen LogP contribution in [-0.4, -0.2) is 30.6 Å². The normalized spacial score (nSPS) is 16.5. The zero-order valence-corrected chi connectivity index (χ0v) is 11.1. The Kier molecular flexibility index (Phi) is 4.19. The van der Waals surface area contributed by atoms with Crippen LogP contribution < -0.4 is 11.1 Å². The topological polar surface area (TPSA) is 81.4 Å². The predicted molar refractivity (Wildman–Crippen MR) is 70.7 cm³/mol. The van der Waals surface area contributed by atoms with Crippen molar-refractivity contribution in [3.8, 4) is 0 Å². The van der Waals surface area contributed by atoms with Gasteiger partial charge >= 0.3 is 0 Å². The van der Waals surface area contributed by atoms with E-state index in [2.05, 4.69) is 5.32 Å². The van der Waals surface area contributed by atoms with Crippen molar-refractivity contribution in [3.05, 3.63) is 34.9 Å². The van der Waals surface area contributed by atoms with E-state index in [0.717, 1.165) is 5.56 Å². The van der Waals surface area contributed by atoms with Crippen molar-refractivity contribution in [2.75, 3.05) is 13.2 Å². The second kappa shape index (κ2) is 5.69. The Morgan fingerprint density at radius 2 is 1.89 bits per heavy atom. The molecule has 1 aromatic carbocycles. The van der Waals surface area contributed by atoms with Gasteiger partial charge in [-0.1, -0.05) is 23.7 Å². The van der Waals surface area contributed by atoms with Crippen LogP contribution in [0.1, 0.15) is 12.0 Å². The van der Waals surface area contributed by atoms with E-state index < -0.39 is 5.54 Å². The molecule has 2 rings (SSSR count). The fourth-order valence-corrected chi connectivity index (χ4v) is 1.94. The number of halogens is 1. The predicted octanol–water partition coefficient (Wildman–Crippen LogP) is 0.643. The van der Waals surface area contributed by atoms with Crippen LogP contribution in [0, 0.1) is 0 Å². The summed E-state index contributed by atoms with van der Waals surface area (Å²) in [6.07, 6.45) is 0.232. The van der Waals surface area contributed by atoms with E-state index in [1.54, 1.807) is 24.3 Å². The third-order valence-corrected chi connectivity index (χ3v) is 3.10. The molecule has 2 amide bonds. The molecule has 0 radical (unpaired) electrons. The molecule has 3 N–H and O–H groups in total. The molecule has 19 heavy (non-hydrogen) atoms. The molecule has 0 aromatic heterocycles. The van der Waals surface area contributed by atoms with Crippen LogP contribution in [0.25, 0.3) is 0 Å². The Bertz CT molecular complexity index is 483. The lowest BCUT2D eigenvalue weighted by Crippen LogP contribution is -2.59. The first-order valence-corrected chi connectivity index (χ1v) is 6.28. The highest BCUT2D eigenvalue weighted by Gasteiger charge is 2.36. The van der Waals surface area contributed by atoms with Gasteiger partial charge in [0.1, 0.15) is 0 Å². The number of carbonyl (C=O) groups is 2. The summed E-state index contributed by atoms with van der Waals surface area (Å²) in [6.45, 7) is 0.706. The summed E-state index contributed by atoms with van der Waals surface area (Å²) in [5.74, 6) is -0.721. The monoisotopic (exact) mass is 282 g/mol. The Hall–Kier alpha value is -1.43. The summed E-state index contributed by atoms with van der Waals surface area (Å²) in [7, 11) is 0. The van der Waals surface area contributed by atoms with E-state index in [9.17, 15) is 9.59 Å². The number of amides is 2. The van der Waals surface area contributed by atoms with Crippen LogP contribution in [0.2, 0.25) is 5.02 Å². The lowest BCUT2D eigenvalue weighted by atomic mass is 9.94. The highest BCUT2D eigenvalue weighted by atomic mass is 35.5. The van der Waals surface area contributed by atoms with Crippen LogP contribution in [0.5, 0.6) is 0 Å². The van der Waals surface area contributed by atoms with Gasteiger partial charge in [0, 0.05) is 11.4 Å². The third kappa shape index (κ3) is 4.02. The molecule has 1 aliphatic rings. The Morgan fingerprint density at radius 1 is 1.26 bits per heavy atom. The third-order valence-electron chi connectivity index (χ3n) is 2.85. The summed E-state index contributed by atoms with van der Waals surface area (Å²) in [6, 6.07) is 6.90. The molecule has 0 saturated carbocycles. The van der Waals surface area contributed by atoms with Crippen LogP contribution in [0.15, 0.2) is 24.3 Å². The van der Waals surface area contributed by atoms with Gasteiger partial charge in [-0.05, 0) is 17.7 Å². The standard InChI is InChI=1S/C13H15ClN2O3/c14-10-3-1-9(2-4-10)5-11(17)16-12(18)6-13(15)7-19-8-13/h1-4H,5-8,15H2,(H,16,17,18). The van der Waals surface area contributed by atoms with Crippen molar-refractivity contribution in [1.82, 2.24) is 5.32 Å². The second-order valence-electron chi connectivity index (χ2n) is 4.81. The maximum Gasteiger partial charge on any atom is 0.230 e. The molecule has 102 valence electrons. The molecule has 1 aromatic rings. The van der Waals surface area contributed by atoms with Gasteiger partial charge in [-0.15, -0.1) is 0 Å². The van der Waals surface area contributed by atoms with Gasteiger partial charge in [-0.3, -0.25) is 14.9 Å². The summed E-state index contributed by atoms with van der Waals surface area (Å²) < 4.78 is 4.95. The van der Waals surface area contributed by atoms with Crippen molar-refractivity contribution in [3.63, 3.8) is 0 Å². The number of hydrogen-bond acceptors (Lipinski definition) is 4. The Morgan fingerprint density at radius 3 is 2.42 bits per heavy atom. The molecule has 5 nitrogen and oxygen atoms in total. The molecule has 0 aliphatic carbocycles. The van der Waals surface area contributed by atoms with Gasteiger partial charge in [0.15, 0.2) is 0 Å². The minimum absolute atomic E-state index is 0.0966. The first-order valence-electron chi connectivity index (χ1n) is 5.91. The molecule has 1 aliphatic heterocycles. The minimum Gasteiger partial charge on any atom is -0.377 e. The van der Waals surface area contributed by atoms with E-state index in [-0.39, 0.29) is 24.7 Å². The molecule has 0 bridgehead atoms. The Labute approximate surface area is 116 Å². The molecule has 0 spiro atoms. The average Bonchev–Trinajstić information content (AvgIpc) is 2.30. The maximum atomic E-state index is 11.7. The van der Waals surface area contributed by atoms with E-state index in [1.807, 2.05) is 0 Å². The Balaban J connectivity index is 1.80. The maximum absolute atomic E-state index is 11.7. The summed E-state index contributed by atoms with van der Waals surface area (Å²) in [5, 5.41) is 2.93. The van der Waals surface area contributed by atoms with Crippen molar-refractivity contribution in [2.24, 2.45) is 5.73 Å². The van der Waals surface area contributed by atoms with E-state index in [4.69, 9.17) is 22.1 Å². The smallest absolute Gasteiger partial charge is 0.230 e. The van der Waals surface area contributed by atoms with Crippen molar-refractivity contribution in [1.29, 1.82) is 0 Å². The van der Waals surface area contributed by atoms with E-state index in [1.165, 1.54) is 0 Å². The van der Waals surface area contributed by atoms with Crippen molar-refractivity contribution >= 4 is 23.4 Å². The number of imide groups is 1. The average molecular weight is 283 g/mol. The number of rotatable bonds is 4. The van der Waals surface area contributed by atoms with Gasteiger partial charge in [0.2, 0.25) is 11.8 Å². The number of benzene rings is 1. The summed E-state index contributed by atoms with van der Waals surface area (Å²) in [4.78, 5) is 23.3. The minimum atomic E-state index is -0.620. The van der Waals surface area contributed by atoms with E-state index in [0.29, 0.717) is 18.2 Å². The zero-order chi connectivity index (χ0) is 13.9. The molecule has 1 heterocycles. The van der Waals surface area contributed by atoms with Crippen molar-refractivity contribution < 1.29 is 14.3 Å². The zero-order valence-electron chi connectivity index (χ0n) is 10.3. The van der Waals surface area contributed by atoms with Crippen LogP contribution in [0.3, 0.4) is 0 Å². The highest BCUT2D eigenvalue weighted by molar-refractivity contribution is 6.30. The highest BCUT2D eigenvalue weighted by Crippen LogP contribution is 2.17. The van der Waals surface area contributed by atoms with Gasteiger partial charge in [-0.25, -0.2) is 0 Å². The first-order chi connectivity index (χ1) is 8.97.